The number of benzene rings is 3. The zero-order valence-electron chi connectivity index (χ0n) is 15.1. The highest BCUT2D eigenvalue weighted by Crippen LogP contribution is 2.32. The number of hydrogen-bond acceptors (Lipinski definition) is 2. The fraction of sp³-hybridized carbons (Fsp3) is 0.0909. The molecular formula is C22H15F3N2O2. The fourth-order valence-electron chi connectivity index (χ4n) is 3.31. The van der Waals surface area contributed by atoms with Gasteiger partial charge < -0.3 is 4.57 Å². The molecule has 0 aliphatic heterocycles. The zero-order chi connectivity index (χ0) is 20.6. The predicted octanol–water partition coefficient (Wildman–Crippen LogP) is 6.28. The maximum Gasteiger partial charge on any atom is 0.416 e. The quantitative estimate of drug-likeness (QED) is 0.301. The maximum absolute atomic E-state index is 12.9. The Balaban J connectivity index is 1.58. The highest BCUT2D eigenvalue weighted by molar-refractivity contribution is 5.82. The monoisotopic (exact) mass is 396 g/mol. The second-order valence-electron chi connectivity index (χ2n) is 6.72. The van der Waals surface area contributed by atoms with Crippen LogP contribution in [-0.2, 0) is 12.7 Å². The number of rotatable bonds is 4. The number of nitro benzene ring substituents is 1. The van der Waals surface area contributed by atoms with Crippen molar-refractivity contribution in [3.05, 3.63) is 100 Å². The first-order valence-electron chi connectivity index (χ1n) is 8.81. The lowest BCUT2D eigenvalue weighted by Crippen LogP contribution is -2.04. The molecule has 0 aliphatic rings. The Kier molecular flexibility index (Phi) is 4.58. The smallest absolute Gasteiger partial charge is 0.343 e. The summed E-state index contributed by atoms with van der Waals surface area (Å²) in [7, 11) is 0. The van der Waals surface area contributed by atoms with E-state index in [0.29, 0.717) is 17.7 Å². The summed E-state index contributed by atoms with van der Waals surface area (Å²) in [4.78, 5) is 10.5. The molecule has 0 saturated heterocycles. The minimum absolute atomic E-state index is 0.0423. The van der Waals surface area contributed by atoms with Crippen LogP contribution in [0, 0.1) is 10.1 Å². The normalized spacial score (nSPS) is 11.7. The van der Waals surface area contributed by atoms with E-state index < -0.39 is 16.7 Å². The summed E-state index contributed by atoms with van der Waals surface area (Å²) in [6, 6.07) is 19.1. The Bertz CT molecular complexity index is 1190. The molecule has 0 N–H and O–H groups in total. The van der Waals surface area contributed by atoms with Gasteiger partial charge in [-0.1, -0.05) is 36.4 Å². The van der Waals surface area contributed by atoms with E-state index in [9.17, 15) is 23.3 Å². The third-order valence-corrected chi connectivity index (χ3v) is 4.80. The van der Waals surface area contributed by atoms with Gasteiger partial charge in [0.2, 0.25) is 0 Å². The van der Waals surface area contributed by atoms with Crippen molar-refractivity contribution in [1.82, 2.24) is 4.57 Å². The first kappa shape index (κ1) is 18.7. The van der Waals surface area contributed by atoms with Crippen molar-refractivity contribution in [3.63, 3.8) is 0 Å². The van der Waals surface area contributed by atoms with Gasteiger partial charge >= 0.3 is 6.18 Å². The molecule has 3 aromatic carbocycles. The molecule has 0 radical (unpaired) electrons. The van der Waals surface area contributed by atoms with Gasteiger partial charge in [-0.25, -0.2) is 0 Å². The van der Waals surface area contributed by atoms with E-state index in [1.165, 1.54) is 18.2 Å². The largest absolute Gasteiger partial charge is 0.416 e. The fourth-order valence-corrected chi connectivity index (χ4v) is 3.31. The second kappa shape index (κ2) is 7.09. The molecule has 4 rings (SSSR count). The molecule has 0 fully saturated rings. The summed E-state index contributed by atoms with van der Waals surface area (Å²) < 4.78 is 40.7. The number of hydrogen-bond donors (Lipinski definition) is 0. The average molecular weight is 396 g/mol. The second-order valence-corrected chi connectivity index (χ2v) is 6.72. The molecule has 7 heteroatoms. The van der Waals surface area contributed by atoms with Gasteiger partial charge in [-0.2, -0.15) is 13.2 Å². The standard InChI is InChI=1S/C22H15F3N2O2/c23-22(24,25)19-3-1-2-17(12-19)16-6-4-15(5-7-16)14-26-11-10-18-13-20(27(28)29)8-9-21(18)26/h1-13H,14H2. The SMILES string of the molecule is O=[N+]([O-])c1ccc2c(ccn2Cc2ccc(-c3cccc(C(F)(F)F)c3)cc2)c1. The van der Waals surface area contributed by atoms with E-state index in [4.69, 9.17) is 0 Å². The van der Waals surface area contributed by atoms with Crippen LogP contribution >= 0.6 is 0 Å². The van der Waals surface area contributed by atoms with Crippen LogP contribution in [-0.4, -0.2) is 9.49 Å². The number of aromatic nitrogens is 1. The molecule has 29 heavy (non-hydrogen) atoms. The van der Waals surface area contributed by atoms with Crippen molar-refractivity contribution in [2.45, 2.75) is 12.7 Å². The van der Waals surface area contributed by atoms with Crippen LogP contribution in [0.5, 0.6) is 0 Å². The van der Waals surface area contributed by atoms with Gasteiger partial charge in [0.25, 0.3) is 5.69 Å². The van der Waals surface area contributed by atoms with Gasteiger partial charge in [0.1, 0.15) is 0 Å². The maximum atomic E-state index is 12.9. The van der Waals surface area contributed by atoms with Crippen LogP contribution < -0.4 is 0 Å². The predicted molar refractivity (Wildman–Crippen MR) is 105 cm³/mol. The molecule has 0 bridgehead atoms. The van der Waals surface area contributed by atoms with Crippen LogP contribution in [0.15, 0.2) is 79.0 Å². The molecule has 0 amide bonds. The molecule has 146 valence electrons. The Hall–Kier alpha value is -3.61. The van der Waals surface area contributed by atoms with E-state index in [2.05, 4.69) is 0 Å². The number of alkyl halides is 3. The van der Waals surface area contributed by atoms with E-state index in [-0.39, 0.29) is 5.69 Å². The van der Waals surface area contributed by atoms with E-state index in [1.807, 2.05) is 29.0 Å². The van der Waals surface area contributed by atoms with E-state index >= 15 is 0 Å². The van der Waals surface area contributed by atoms with Crippen molar-refractivity contribution in [2.24, 2.45) is 0 Å². The Labute approximate surface area is 164 Å². The highest BCUT2D eigenvalue weighted by atomic mass is 19.4. The van der Waals surface area contributed by atoms with Gasteiger partial charge in [-0.15, -0.1) is 0 Å². The van der Waals surface area contributed by atoms with E-state index in [1.54, 1.807) is 24.3 Å². The molecule has 4 aromatic rings. The van der Waals surface area contributed by atoms with Crippen LogP contribution in [0.2, 0.25) is 0 Å². The van der Waals surface area contributed by atoms with Crippen molar-refractivity contribution < 1.29 is 18.1 Å². The van der Waals surface area contributed by atoms with Gasteiger partial charge in [0.15, 0.2) is 0 Å². The van der Waals surface area contributed by atoms with Crippen LogP contribution in [0.4, 0.5) is 18.9 Å². The number of halogens is 3. The van der Waals surface area contributed by atoms with Gasteiger partial charge in [-0.05, 0) is 41.0 Å². The number of nitrogens with zero attached hydrogens (tertiary/aromatic N) is 2. The molecule has 0 atom stereocenters. The molecule has 0 aliphatic carbocycles. The number of nitro groups is 1. The lowest BCUT2D eigenvalue weighted by molar-refractivity contribution is -0.384. The average Bonchev–Trinajstić information content (AvgIpc) is 3.10. The molecule has 1 aromatic heterocycles. The molecule has 0 saturated carbocycles. The Morgan fingerprint density at radius 1 is 0.897 bits per heavy atom. The van der Waals surface area contributed by atoms with Gasteiger partial charge in [-0.3, -0.25) is 10.1 Å². The van der Waals surface area contributed by atoms with Crippen molar-refractivity contribution in [2.75, 3.05) is 0 Å². The molecule has 0 spiro atoms. The van der Waals surface area contributed by atoms with Crippen LogP contribution in [0.25, 0.3) is 22.0 Å². The molecule has 1 heterocycles. The summed E-state index contributed by atoms with van der Waals surface area (Å²) in [6.07, 6.45) is -2.52. The molecular weight excluding hydrogens is 381 g/mol. The van der Waals surface area contributed by atoms with E-state index in [0.717, 1.165) is 28.6 Å². The Morgan fingerprint density at radius 3 is 2.34 bits per heavy atom. The lowest BCUT2D eigenvalue weighted by Gasteiger charge is -2.10. The van der Waals surface area contributed by atoms with Crippen molar-refractivity contribution in [1.29, 1.82) is 0 Å². The first-order chi connectivity index (χ1) is 13.8. The van der Waals surface area contributed by atoms with Crippen LogP contribution in [0.1, 0.15) is 11.1 Å². The number of fused-ring (bicyclic) bond motifs is 1. The number of non-ortho nitro benzene ring substituents is 1. The lowest BCUT2D eigenvalue weighted by atomic mass is 10.0. The highest BCUT2D eigenvalue weighted by Gasteiger charge is 2.30. The zero-order valence-corrected chi connectivity index (χ0v) is 15.1. The third-order valence-electron chi connectivity index (χ3n) is 4.80. The van der Waals surface area contributed by atoms with Crippen molar-refractivity contribution in [3.8, 4) is 11.1 Å². The molecule has 0 unspecified atom stereocenters. The summed E-state index contributed by atoms with van der Waals surface area (Å²) in [5.41, 5.74) is 2.42. The summed E-state index contributed by atoms with van der Waals surface area (Å²) in [6.45, 7) is 0.546. The topological polar surface area (TPSA) is 48.1 Å². The van der Waals surface area contributed by atoms with Gasteiger partial charge in [0.05, 0.1) is 10.5 Å². The Morgan fingerprint density at radius 2 is 1.66 bits per heavy atom. The third kappa shape index (κ3) is 3.85. The minimum atomic E-state index is -4.37. The summed E-state index contributed by atoms with van der Waals surface area (Å²) in [5.74, 6) is 0. The van der Waals surface area contributed by atoms with Crippen molar-refractivity contribution >= 4 is 16.6 Å². The first-order valence-corrected chi connectivity index (χ1v) is 8.81. The van der Waals surface area contributed by atoms with Gasteiger partial charge in [0, 0.05) is 35.8 Å². The minimum Gasteiger partial charge on any atom is -0.343 e. The van der Waals surface area contributed by atoms with Crippen LogP contribution in [0.3, 0.4) is 0 Å². The summed E-state index contributed by atoms with van der Waals surface area (Å²) in [5, 5.41) is 11.7. The molecule has 4 nitrogen and oxygen atoms in total. The summed E-state index contributed by atoms with van der Waals surface area (Å²) >= 11 is 0.